The number of pyridine rings is 2. The molecule has 4 aromatic rings. The fraction of sp³-hybridized carbons (Fsp3) is 0.250. The van der Waals surface area contributed by atoms with Crippen molar-refractivity contribution in [2.24, 2.45) is 0 Å². The average Bonchev–Trinajstić information content (AvgIpc) is 3.22. The highest BCUT2D eigenvalue weighted by Crippen LogP contribution is 2.38. The molecule has 0 spiro atoms. The summed E-state index contributed by atoms with van der Waals surface area (Å²) in [6.45, 7) is 2.31. The maximum Gasteiger partial charge on any atom is 0.255 e. The number of fused-ring (bicyclic) bond motifs is 2. The number of hydrogen-bond donors (Lipinski definition) is 0. The molecule has 2 aromatic carbocycles. The van der Waals surface area contributed by atoms with Gasteiger partial charge in [-0.2, -0.15) is 0 Å². The molecule has 0 saturated heterocycles. The lowest BCUT2D eigenvalue weighted by Crippen LogP contribution is -2.26. The van der Waals surface area contributed by atoms with Gasteiger partial charge in [-0.05, 0) is 47.5 Å². The Morgan fingerprint density at radius 1 is 0.971 bits per heavy atom. The van der Waals surface area contributed by atoms with E-state index in [9.17, 15) is 4.79 Å². The number of hydrogen-bond acceptors (Lipinski definition) is 5. The molecular weight excluding hydrogens is 426 g/mol. The monoisotopic (exact) mass is 453 g/mol. The van der Waals surface area contributed by atoms with E-state index >= 15 is 0 Å². The minimum atomic E-state index is 0.0324. The molecule has 1 aliphatic heterocycles. The fourth-order valence-corrected chi connectivity index (χ4v) is 4.42. The number of carbonyl (C=O) groups excluding carboxylic acids is 1. The summed E-state index contributed by atoms with van der Waals surface area (Å²) < 4.78 is 11.2. The Hall–Kier alpha value is -3.77. The molecule has 0 N–H and O–H groups in total. The van der Waals surface area contributed by atoms with Crippen molar-refractivity contribution in [1.82, 2.24) is 14.9 Å². The van der Waals surface area contributed by atoms with Crippen LogP contribution in [0, 0.1) is 0 Å². The van der Waals surface area contributed by atoms with Gasteiger partial charge in [0.2, 0.25) is 0 Å². The molecule has 3 heterocycles. The van der Waals surface area contributed by atoms with E-state index in [1.54, 1.807) is 19.5 Å². The van der Waals surface area contributed by atoms with E-state index in [1.165, 1.54) is 0 Å². The second-order valence-corrected chi connectivity index (χ2v) is 8.37. The predicted molar refractivity (Wildman–Crippen MR) is 132 cm³/mol. The second kappa shape index (κ2) is 10.0. The van der Waals surface area contributed by atoms with Crippen LogP contribution in [0.3, 0.4) is 0 Å². The summed E-state index contributed by atoms with van der Waals surface area (Å²) in [5.74, 6) is 0.800. The molecule has 6 nitrogen and oxygen atoms in total. The SMILES string of the molecule is COCCCOc1ccc(-c2ccncc2)c2c1CN(CCc1ccc3ccccc3n1)C2=O. The lowest BCUT2D eigenvalue weighted by molar-refractivity contribution is 0.0780. The Labute approximate surface area is 199 Å². The van der Waals surface area contributed by atoms with Crippen molar-refractivity contribution in [1.29, 1.82) is 0 Å². The number of aromatic nitrogens is 2. The van der Waals surface area contributed by atoms with Crippen LogP contribution in [0.5, 0.6) is 5.75 Å². The highest BCUT2D eigenvalue weighted by atomic mass is 16.5. The van der Waals surface area contributed by atoms with E-state index in [1.807, 2.05) is 53.4 Å². The van der Waals surface area contributed by atoms with Crippen LogP contribution < -0.4 is 4.74 Å². The normalized spacial score (nSPS) is 12.9. The van der Waals surface area contributed by atoms with Crippen molar-refractivity contribution < 1.29 is 14.3 Å². The second-order valence-electron chi connectivity index (χ2n) is 8.37. The number of methoxy groups -OCH3 is 1. The van der Waals surface area contributed by atoms with E-state index in [4.69, 9.17) is 14.5 Å². The molecule has 6 heteroatoms. The lowest BCUT2D eigenvalue weighted by Gasteiger charge is -2.15. The third-order valence-electron chi connectivity index (χ3n) is 6.16. The van der Waals surface area contributed by atoms with E-state index in [2.05, 4.69) is 17.1 Å². The van der Waals surface area contributed by atoms with Gasteiger partial charge in [0.25, 0.3) is 5.91 Å². The van der Waals surface area contributed by atoms with Gasteiger partial charge in [-0.3, -0.25) is 14.8 Å². The summed E-state index contributed by atoms with van der Waals surface area (Å²) in [5.41, 5.74) is 5.52. The summed E-state index contributed by atoms with van der Waals surface area (Å²) in [7, 11) is 1.68. The van der Waals surface area contributed by atoms with Crippen LogP contribution in [0.4, 0.5) is 0 Å². The van der Waals surface area contributed by atoms with Crippen LogP contribution in [-0.4, -0.2) is 47.6 Å². The number of nitrogens with zero attached hydrogens (tertiary/aromatic N) is 3. The molecule has 172 valence electrons. The zero-order valence-corrected chi connectivity index (χ0v) is 19.2. The van der Waals surface area contributed by atoms with Crippen LogP contribution in [0.1, 0.15) is 28.0 Å². The Kier molecular flexibility index (Phi) is 6.49. The van der Waals surface area contributed by atoms with Gasteiger partial charge in [-0.25, -0.2) is 0 Å². The topological polar surface area (TPSA) is 64.6 Å². The maximum absolute atomic E-state index is 13.6. The number of benzene rings is 2. The highest BCUT2D eigenvalue weighted by molar-refractivity contribution is 6.05. The summed E-state index contributed by atoms with van der Waals surface area (Å²) in [6, 6.07) is 20.0. The summed E-state index contributed by atoms with van der Waals surface area (Å²) >= 11 is 0. The van der Waals surface area contributed by atoms with Crippen LogP contribution in [0.15, 0.2) is 73.1 Å². The van der Waals surface area contributed by atoms with E-state index < -0.39 is 0 Å². The number of carbonyl (C=O) groups is 1. The van der Waals surface area contributed by atoms with Gasteiger partial charge in [-0.1, -0.05) is 24.3 Å². The van der Waals surface area contributed by atoms with Crippen molar-refractivity contribution in [3.63, 3.8) is 0 Å². The van der Waals surface area contributed by atoms with Gasteiger partial charge in [0.15, 0.2) is 0 Å². The smallest absolute Gasteiger partial charge is 0.255 e. The number of amides is 1. The first kappa shape index (κ1) is 22.0. The third-order valence-corrected chi connectivity index (χ3v) is 6.16. The van der Waals surface area contributed by atoms with Crippen molar-refractivity contribution in [3.05, 3.63) is 89.9 Å². The maximum atomic E-state index is 13.6. The van der Waals surface area contributed by atoms with Gasteiger partial charge in [0, 0.05) is 62.1 Å². The van der Waals surface area contributed by atoms with Gasteiger partial charge < -0.3 is 14.4 Å². The first-order chi connectivity index (χ1) is 16.7. The number of ether oxygens (including phenoxy) is 2. The first-order valence-corrected chi connectivity index (χ1v) is 11.6. The zero-order valence-electron chi connectivity index (χ0n) is 19.2. The van der Waals surface area contributed by atoms with E-state index in [0.717, 1.165) is 51.0 Å². The predicted octanol–water partition coefficient (Wildman–Crippen LogP) is 4.91. The highest BCUT2D eigenvalue weighted by Gasteiger charge is 2.33. The summed E-state index contributed by atoms with van der Waals surface area (Å²) in [5, 5.41) is 1.12. The van der Waals surface area contributed by atoms with Crippen LogP contribution in [-0.2, 0) is 17.7 Å². The van der Waals surface area contributed by atoms with Crippen LogP contribution in [0.25, 0.3) is 22.0 Å². The Balaban J connectivity index is 1.39. The molecule has 0 fully saturated rings. The molecule has 0 saturated carbocycles. The summed E-state index contributed by atoms with van der Waals surface area (Å²) in [6.07, 6.45) is 4.99. The molecule has 34 heavy (non-hydrogen) atoms. The molecular formula is C28H27N3O3. The Morgan fingerprint density at radius 2 is 1.82 bits per heavy atom. The largest absolute Gasteiger partial charge is 0.493 e. The molecule has 1 aliphatic rings. The van der Waals surface area contributed by atoms with Crippen molar-refractivity contribution in [3.8, 4) is 16.9 Å². The zero-order chi connectivity index (χ0) is 23.3. The van der Waals surface area contributed by atoms with Crippen molar-refractivity contribution >= 4 is 16.8 Å². The quantitative estimate of drug-likeness (QED) is 0.337. The molecule has 0 aliphatic carbocycles. The minimum Gasteiger partial charge on any atom is -0.493 e. The van der Waals surface area contributed by atoms with Gasteiger partial charge in [0.1, 0.15) is 5.75 Å². The van der Waals surface area contributed by atoms with Crippen LogP contribution in [0.2, 0.25) is 0 Å². The first-order valence-electron chi connectivity index (χ1n) is 11.6. The fourth-order valence-electron chi connectivity index (χ4n) is 4.42. The molecule has 2 aromatic heterocycles. The summed E-state index contributed by atoms with van der Waals surface area (Å²) in [4.78, 5) is 24.4. The lowest BCUT2D eigenvalue weighted by atomic mass is 9.97. The number of rotatable bonds is 9. The van der Waals surface area contributed by atoms with Crippen molar-refractivity contribution in [2.75, 3.05) is 26.9 Å². The van der Waals surface area contributed by atoms with Crippen LogP contribution >= 0.6 is 0 Å². The van der Waals surface area contributed by atoms with Gasteiger partial charge >= 0.3 is 0 Å². The molecule has 0 radical (unpaired) electrons. The van der Waals surface area contributed by atoms with Gasteiger partial charge in [-0.15, -0.1) is 0 Å². The molecule has 0 atom stereocenters. The molecule has 5 rings (SSSR count). The Morgan fingerprint density at radius 3 is 2.68 bits per heavy atom. The van der Waals surface area contributed by atoms with Gasteiger partial charge in [0.05, 0.1) is 24.2 Å². The average molecular weight is 454 g/mol. The van der Waals surface area contributed by atoms with Crippen molar-refractivity contribution in [2.45, 2.75) is 19.4 Å². The molecule has 1 amide bonds. The standard InChI is InChI=1S/C28H27N3O3/c1-33-17-4-18-34-26-10-9-23(20-11-14-29-15-12-20)27-24(26)19-31(28(27)32)16-13-22-8-7-21-5-2-3-6-25(21)30-22/h2-3,5-12,14-15H,4,13,16-19H2,1H3. The van der Waals surface area contributed by atoms with E-state index in [-0.39, 0.29) is 5.91 Å². The Bertz CT molecular complexity index is 1310. The molecule has 0 bridgehead atoms. The van der Waals surface area contributed by atoms with E-state index in [0.29, 0.717) is 32.7 Å². The molecule has 0 unspecified atom stereocenters. The minimum absolute atomic E-state index is 0.0324. The number of para-hydroxylation sites is 1. The third kappa shape index (κ3) is 4.50.